The average molecular weight is 385 g/mol. The number of benzene rings is 1. The lowest BCUT2D eigenvalue weighted by Gasteiger charge is -2.15. The van der Waals surface area contributed by atoms with Crippen molar-refractivity contribution in [3.63, 3.8) is 0 Å². The molecule has 0 aromatic heterocycles. The van der Waals surface area contributed by atoms with Crippen molar-refractivity contribution in [2.45, 2.75) is 20.3 Å². The third-order valence-corrected chi connectivity index (χ3v) is 5.51. The van der Waals surface area contributed by atoms with E-state index in [1.807, 2.05) is 6.92 Å². The van der Waals surface area contributed by atoms with Gasteiger partial charge in [0.05, 0.1) is 18.9 Å². The van der Waals surface area contributed by atoms with E-state index in [0.29, 0.717) is 37.4 Å². The maximum absolute atomic E-state index is 12.0. The highest BCUT2D eigenvalue weighted by Crippen LogP contribution is 2.11. The fourth-order valence-corrected chi connectivity index (χ4v) is 2.93. The molecule has 146 valence electrons. The number of hydrogen-bond donors (Lipinski definition) is 2. The molecule has 1 aromatic rings. The molecular weight excluding hydrogens is 358 g/mol. The van der Waals surface area contributed by atoms with E-state index in [-0.39, 0.29) is 24.1 Å². The maximum Gasteiger partial charge on any atom is 0.251 e. The second kappa shape index (κ2) is 10.8. The van der Waals surface area contributed by atoms with Crippen molar-refractivity contribution in [2.24, 2.45) is 0 Å². The Hall–Kier alpha value is -2.13. The highest BCUT2D eigenvalue weighted by molar-refractivity contribution is 7.89. The van der Waals surface area contributed by atoms with Crippen molar-refractivity contribution in [3.8, 4) is 5.75 Å². The number of carbonyl (C=O) groups is 2. The van der Waals surface area contributed by atoms with Gasteiger partial charge in [0.2, 0.25) is 15.9 Å². The molecule has 2 N–H and O–H groups in total. The molecule has 26 heavy (non-hydrogen) atoms. The zero-order valence-corrected chi connectivity index (χ0v) is 16.3. The van der Waals surface area contributed by atoms with Gasteiger partial charge in [0.25, 0.3) is 5.91 Å². The molecule has 0 bridgehead atoms. The minimum atomic E-state index is -3.20. The first-order chi connectivity index (χ1) is 12.3. The number of carbonyl (C=O) groups excluding carboxylic acids is 2. The largest absolute Gasteiger partial charge is 0.494 e. The predicted molar refractivity (Wildman–Crippen MR) is 99.7 cm³/mol. The SMILES string of the molecule is CCOc1ccc(C(=O)NCC(=O)NCCCN(C)S(=O)(=O)CC)cc1. The maximum atomic E-state index is 12.0. The topological polar surface area (TPSA) is 105 Å². The first-order valence-corrected chi connectivity index (χ1v) is 10.1. The van der Waals surface area contributed by atoms with Gasteiger partial charge in [0.1, 0.15) is 5.75 Å². The lowest BCUT2D eigenvalue weighted by Crippen LogP contribution is -2.38. The van der Waals surface area contributed by atoms with Gasteiger partial charge in [0.15, 0.2) is 0 Å². The predicted octanol–water partition coefficient (Wildman–Crippen LogP) is 0.603. The van der Waals surface area contributed by atoms with Crippen molar-refractivity contribution in [1.29, 1.82) is 0 Å². The quantitative estimate of drug-likeness (QED) is 0.543. The first-order valence-electron chi connectivity index (χ1n) is 8.52. The van der Waals surface area contributed by atoms with Gasteiger partial charge in [0, 0.05) is 25.7 Å². The fraction of sp³-hybridized carbons (Fsp3) is 0.529. The summed E-state index contributed by atoms with van der Waals surface area (Å²) < 4.78 is 29.7. The molecule has 9 heteroatoms. The van der Waals surface area contributed by atoms with E-state index >= 15 is 0 Å². The van der Waals surface area contributed by atoms with Crippen LogP contribution in [0.3, 0.4) is 0 Å². The number of sulfonamides is 1. The Balaban J connectivity index is 2.28. The molecule has 8 nitrogen and oxygen atoms in total. The van der Waals surface area contributed by atoms with Crippen LogP contribution < -0.4 is 15.4 Å². The molecule has 2 amide bonds. The van der Waals surface area contributed by atoms with E-state index in [1.165, 1.54) is 11.4 Å². The van der Waals surface area contributed by atoms with Crippen LogP contribution in [0, 0.1) is 0 Å². The van der Waals surface area contributed by atoms with Gasteiger partial charge >= 0.3 is 0 Å². The van der Waals surface area contributed by atoms with E-state index in [1.54, 1.807) is 31.2 Å². The zero-order chi connectivity index (χ0) is 19.6. The minimum Gasteiger partial charge on any atom is -0.494 e. The van der Waals surface area contributed by atoms with Crippen LogP contribution in [-0.2, 0) is 14.8 Å². The second-order valence-corrected chi connectivity index (χ2v) is 7.93. The molecule has 0 aliphatic carbocycles. The summed E-state index contributed by atoms with van der Waals surface area (Å²) in [5, 5.41) is 5.18. The van der Waals surface area contributed by atoms with Gasteiger partial charge in [-0.25, -0.2) is 12.7 Å². The molecule has 0 saturated carbocycles. The molecule has 1 aromatic carbocycles. The highest BCUT2D eigenvalue weighted by Gasteiger charge is 2.14. The number of amides is 2. The van der Waals surface area contributed by atoms with E-state index in [9.17, 15) is 18.0 Å². The van der Waals surface area contributed by atoms with Gasteiger partial charge in [-0.05, 0) is 44.5 Å². The molecule has 0 aliphatic heterocycles. The first kappa shape index (κ1) is 21.9. The normalized spacial score (nSPS) is 11.2. The van der Waals surface area contributed by atoms with Crippen LogP contribution in [0.2, 0.25) is 0 Å². The molecule has 0 heterocycles. The molecule has 0 aliphatic rings. The van der Waals surface area contributed by atoms with E-state index < -0.39 is 10.0 Å². The van der Waals surface area contributed by atoms with Crippen LogP contribution >= 0.6 is 0 Å². The molecule has 0 saturated heterocycles. The lowest BCUT2D eigenvalue weighted by molar-refractivity contribution is -0.120. The molecular formula is C17H27N3O5S. The van der Waals surface area contributed by atoms with Crippen LogP contribution in [0.5, 0.6) is 5.75 Å². The highest BCUT2D eigenvalue weighted by atomic mass is 32.2. The van der Waals surface area contributed by atoms with Crippen LogP contribution in [0.1, 0.15) is 30.6 Å². The van der Waals surface area contributed by atoms with E-state index in [0.717, 1.165) is 0 Å². The summed E-state index contributed by atoms with van der Waals surface area (Å²) in [5.41, 5.74) is 0.438. The van der Waals surface area contributed by atoms with Gasteiger partial charge in [-0.15, -0.1) is 0 Å². The molecule has 0 unspecified atom stereocenters. The molecule has 1 rings (SSSR count). The van der Waals surface area contributed by atoms with Crippen molar-refractivity contribution >= 4 is 21.8 Å². The Morgan fingerprint density at radius 2 is 1.77 bits per heavy atom. The minimum absolute atomic E-state index is 0.0490. The summed E-state index contributed by atoms with van der Waals surface area (Å²) in [5.74, 6) is 0.0482. The monoisotopic (exact) mass is 385 g/mol. The van der Waals surface area contributed by atoms with Gasteiger partial charge in [-0.2, -0.15) is 0 Å². The molecule has 0 fully saturated rings. The number of hydrogen-bond acceptors (Lipinski definition) is 5. The van der Waals surface area contributed by atoms with Gasteiger partial charge in [-0.3, -0.25) is 9.59 Å². The second-order valence-electron chi connectivity index (χ2n) is 5.57. The van der Waals surface area contributed by atoms with E-state index in [4.69, 9.17) is 4.74 Å². The number of nitrogens with one attached hydrogen (secondary N) is 2. The molecule has 0 atom stereocenters. The lowest BCUT2D eigenvalue weighted by atomic mass is 10.2. The summed E-state index contributed by atoms with van der Waals surface area (Å²) in [7, 11) is -1.69. The summed E-state index contributed by atoms with van der Waals surface area (Å²) in [4.78, 5) is 23.7. The Kier molecular flexibility index (Phi) is 9.08. The fourth-order valence-electron chi connectivity index (χ4n) is 2.08. The number of ether oxygens (including phenoxy) is 1. The Bertz CT molecular complexity index is 689. The number of nitrogens with zero attached hydrogens (tertiary/aromatic N) is 1. The third-order valence-electron chi connectivity index (χ3n) is 3.65. The molecule has 0 spiro atoms. The third kappa shape index (κ3) is 7.40. The smallest absolute Gasteiger partial charge is 0.251 e. The van der Waals surface area contributed by atoms with Crippen molar-refractivity contribution in [1.82, 2.24) is 14.9 Å². The standard InChI is InChI=1S/C17H27N3O5S/c1-4-25-15-9-7-14(8-10-15)17(22)19-13-16(21)18-11-6-12-20(3)26(23,24)5-2/h7-10H,4-6,11-13H2,1-3H3,(H,18,21)(H,19,22). The number of rotatable bonds is 11. The summed E-state index contributed by atoms with van der Waals surface area (Å²) in [6.45, 7) is 4.53. The Morgan fingerprint density at radius 3 is 2.35 bits per heavy atom. The van der Waals surface area contributed by atoms with Crippen molar-refractivity contribution in [3.05, 3.63) is 29.8 Å². The summed E-state index contributed by atoms with van der Waals surface area (Å²) in [6.07, 6.45) is 0.494. The van der Waals surface area contributed by atoms with Gasteiger partial charge < -0.3 is 15.4 Å². The van der Waals surface area contributed by atoms with Crippen molar-refractivity contribution in [2.75, 3.05) is 39.0 Å². The Labute approximate surface area is 155 Å². The molecule has 0 radical (unpaired) electrons. The van der Waals surface area contributed by atoms with Gasteiger partial charge in [-0.1, -0.05) is 0 Å². The Morgan fingerprint density at radius 1 is 1.12 bits per heavy atom. The van der Waals surface area contributed by atoms with E-state index in [2.05, 4.69) is 10.6 Å². The zero-order valence-electron chi connectivity index (χ0n) is 15.4. The summed E-state index contributed by atoms with van der Waals surface area (Å²) in [6, 6.07) is 6.64. The van der Waals surface area contributed by atoms with Crippen LogP contribution in [0.4, 0.5) is 0 Å². The van der Waals surface area contributed by atoms with Crippen LogP contribution in [0.15, 0.2) is 24.3 Å². The average Bonchev–Trinajstić information content (AvgIpc) is 2.63. The summed E-state index contributed by atoms with van der Waals surface area (Å²) >= 11 is 0. The van der Waals surface area contributed by atoms with Crippen molar-refractivity contribution < 1.29 is 22.7 Å². The van der Waals surface area contributed by atoms with Crippen LogP contribution in [-0.4, -0.2) is 63.6 Å². The van der Waals surface area contributed by atoms with Crippen LogP contribution in [0.25, 0.3) is 0 Å².